The molecule has 0 aliphatic carbocycles. The van der Waals surface area contributed by atoms with Crippen molar-refractivity contribution < 1.29 is 9.18 Å². The van der Waals surface area contributed by atoms with Crippen molar-refractivity contribution in [3.63, 3.8) is 0 Å². The molecule has 29 heavy (non-hydrogen) atoms. The fourth-order valence-electron chi connectivity index (χ4n) is 3.03. The number of hydrogen-bond acceptors (Lipinski definition) is 5. The summed E-state index contributed by atoms with van der Waals surface area (Å²) in [6.07, 6.45) is 3.12. The number of anilines is 1. The van der Waals surface area contributed by atoms with E-state index in [0.29, 0.717) is 22.9 Å². The number of benzene rings is 2. The molecule has 0 N–H and O–H groups in total. The lowest BCUT2D eigenvalue weighted by Crippen LogP contribution is -2.32. The summed E-state index contributed by atoms with van der Waals surface area (Å²) in [6, 6.07) is 15.6. The van der Waals surface area contributed by atoms with Gasteiger partial charge in [0.15, 0.2) is 5.65 Å². The lowest BCUT2D eigenvalue weighted by atomic mass is 10.3. The Hall–Kier alpha value is -3.26. The highest BCUT2D eigenvalue weighted by Crippen LogP contribution is 2.26. The zero-order valence-corrected chi connectivity index (χ0v) is 16.5. The van der Waals surface area contributed by atoms with Crippen molar-refractivity contribution >= 4 is 34.4 Å². The number of halogens is 1. The molecule has 0 aliphatic rings. The number of amides is 1. The molecular weight excluding hydrogens is 389 g/mol. The first kappa shape index (κ1) is 19.1. The van der Waals surface area contributed by atoms with Gasteiger partial charge in [0, 0.05) is 12.2 Å². The SMILES string of the molecule is CCN(C(=O)CSc1ncnc2c1cnn2-c1ccc(F)cc1)c1ccccc1. The summed E-state index contributed by atoms with van der Waals surface area (Å²) in [6.45, 7) is 2.54. The summed E-state index contributed by atoms with van der Waals surface area (Å²) in [5, 5.41) is 5.79. The average Bonchev–Trinajstić information content (AvgIpc) is 3.19. The van der Waals surface area contributed by atoms with Gasteiger partial charge in [-0.3, -0.25) is 4.79 Å². The maximum atomic E-state index is 13.2. The predicted octanol–water partition coefficient (Wildman–Crippen LogP) is 4.10. The van der Waals surface area contributed by atoms with Crippen LogP contribution >= 0.6 is 11.8 Å². The van der Waals surface area contributed by atoms with Gasteiger partial charge in [-0.1, -0.05) is 30.0 Å². The number of nitrogens with zero attached hydrogens (tertiary/aromatic N) is 5. The van der Waals surface area contributed by atoms with Crippen molar-refractivity contribution in [2.75, 3.05) is 17.2 Å². The van der Waals surface area contributed by atoms with Crippen molar-refractivity contribution in [2.45, 2.75) is 11.9 Å². The van der Waals surface area contributed by atoms with Crippen LogP contribution in [0.4, 0.5) is 10.1 Å². The number of carbonyl (C=O) groups excluding carboxylic acids is 1. The molecule has 4 rings (SSSR count). The van der Waals surface area contributed by atoms with Crippen molar-refractivity contribution in [1.82, 2.24) is 19.7 Å². The van der Waals surface area contributed by atoms with Gasteiger partial charge in [0.1, 0.15) is 17.2 Å². The fourth-order valence-corrected chi connectivity index (χ4v) is 3.86. The fraction of sp³-hybridized carbons (Fsp3) is 0.143. The standard InChI is InChI=1S/C21H18FN5OS/c1-2-26(16-6-4-3-5-7-16)19(28)13-29-21-18-12-25-27(20(18)23-14-24-21)17-10-8-15(22)9-11-17/h3-12,14H,2,13H2,1H3. The largest absolute Gasteiger partial charge is 0.312 e. The Balaban J connectivity index is 1.56. The molecule has 0 spiro atoms. The van der Waals surface area contributed by atoms with E-state index in [0.717, 1.165) is 11.1 Å². The minimum atomic E-state index is -0.312. The maximum Gasteiger partial charge on any atom is 0.237 e. The highest BCUT2D eigenvalue weighted by atomic mass is 32.2. The Morgan fingerprint density at radius 2 is 1.86 bits per heavy atom. The normalized spacial score (nSPS) is 11.0. The molecular formula is C21H18FN5OS. The van der Waals surface area contributed by atoms with E-state index in [9.17, 15) is 9.18 Å². The van der Waals surface area contributed by atoms with E-state index < -0.39 is 0 Å². The van der Waals surface area contributed by atoms with Crippen molar-refractivity contribution in [3.8, 4) is 5.69 Å². The van der Waals surface area contributed by atoms with E-state index in [1.807, 2.05) is 37.3 Å². The van der Waals surface area contributed by atoms with Crippen LogP contribution in [-0.2, 0) is 4.79 Å². The number of fused-ring (bicyclic) bond motifs is 1. The number of thioether (sulfide) groups is 1. The molecule has 0 radical (unpaired) electrons. The van der Waals surface area contributed by atoms with Gasteiger partial charge in [0.25, 0.3) is 0 Å². The van der Waals surface area contributed by atoms with Gasteiger partial charge in [0.05, 0.1) is 23.0 Å². The summed E-state index contributed by atoms with van der Waals surface area (Å²) in [5.74, 6) is -0.0637. The Bertz CT molecular complexity index is 1130. The van der Waals surface area contributed by atoms with E-state index in [2.05, 4.69) is 15.1 Å². The first-order chi connectivity index (χ1) is 14.2. The number of hydrogen-bond donors (Lipinski definition) is 0. The molecule has 0 atom stereocenters. The molecule has 0 bridgehead atoms. The van der Waals surface area contributed by atoms with Crippen LogP contribution in [0.2, 0.25) is 0 Å². The van der Waals surface area contributed by atoms with Crippen LogP contribution in [0.1, 0.15) is 6.92 Å². The lowest BCUT2D eigenvalue weighted by Gasteiger charge is -2.20. The van der Waals surface area contributed by atoms with Crippen LogP contribution in [0.3, 0.4) is 0 Å². The third-order valence-corrected chi connectivity index (χ3v) is 5.41. The predicted molar refractivity (Wildman–Crippen MR) is 112 cm³/mol. The quantitative estimate of drug-likeness (QED) is 0.356. The van der Waals surface area contributed by atoms with Gasteiger partial charge in [0.2, 0.25) is 5.91 Å². The van der Waals surface area contributed by atoms with Crippen LogP contribution in [0, 0.1) is 5.82 Å². The Kier molecular flexibility index (Phi) is 5.53. The van der Waals surface area contributed by atoms with E-state index in [4.69, 9.17) is 0 Å². The van der Waals surface area contributed by atoms with E-state index in [1.165, 1.54) is 30.2 Å². The number of carbonyl (C=O) groups is 1. The second-order valence-electron chi connectivity index (χ2n) is 6.21. The zero-order valence-electron chi connectivity index (χ0n) is 15.7. The number of aromatic nitrogens is 4. The van der Waals surface area contributed by atoms with E-state index in [1.54, 1.807) is 27.9 Å². The Labute approximate surface area is 171 Å². The molecule has 1 amide bonds. The smallest absolute Gasteiger partial charge is 0.237 e. The van der Waals surface area contributed by atoms with Crippen LogP contribution in [0.5, 0.6) is 0 Å². The molecule has 8 heteroatoms. The molecule has 0 saturated carbocycles. The minimum Gasteiger partial charge on any atom is -0.312 e. The Morgan fingerprint density at radius 1 is 1.10 bits per heavy atom. The molecule has 0 aliphatic heterocycles. The van der Waals surface area contributed by atoms with Crippen LogP contribution in [0.15, 0.2) is 72.1 Å². The third-order valence-electron chi connectivity index (χ3n) is 4.42. The molecule has 2 heterocycles. The van der Waals surface area contributed by atoms with Crippen molar-refractivity contribution in [3.05, 3.63) is 72.9 Å². The van der Waals surface area contributed by atoms with E-state index >= 15 is 0 Å². The van der Waals surface area contributed by atoms with Crippen LogP contribution in [-0.4, -0.2) is 38.0 Å². The molecule has 6 nitrogen and oxygen atoms in total. The van der Waals surface area contributed by atoms with Gasteiger partial charge in [-0.15, -0.1) is 0 Å². The summed E-state index contributed by atoms with van der Waals surface area (Å²) >= 11 is 1.35. The van der Waals surface area contributed by atoms with Gasteiger partial charge >= 0.3 is 0 Å². The summed E-state index contributed by atoms with van der Waals surface area (Å²) in [7, 11) is 0. The van der Waals surface area contributed by atoms with Crippen LogP contribution < -0.4 is 4.90 Å². The lowest BCUT2D eigenvalue weighted by molar-refractivity contribution is -0.116. The molecule has 0 saturated heterocycles. The highest BCUT2D eigenvalue weighted by Gasteiger charge is 2.17. The van der Waals surface area contributed by atoms with Crippen molar-refractivity contribution in [1.29, 1.82) is 0 Å². The first-order valence-electron chi connectivity index (χ1n) is 9.10. The maximum absolute atomic E-state index is 13.2. The van der Waals surface area contributed by atoms with Gasteiger partial charge in [-0.05, 0) is 43.3 Å². The third kappa shape index (κ3) is 3.97. The summed E-state index contributed by atoms with van der Waals surface area (Å²) in [4.78, 5) is 23.1. The monoisotopic (exact) mass is 407 g/mol. The van der Waals surface area contributed by atoms with Gasteiger partial charge in [-0.25, -0.2) is 19.0 Å². The number of rotatable bonds is 6. The molecule has 146 valence electrons. The van der Waals surface area contributed by atoms with Gasteiger partial charge < -0.3 is 4.90 Å². The highest BCUT2D eigenvalue weighted by molar-refractivity contribution is 8.00. The molecule has 4 aromatic rings. The molecule has 2 aromatic heterocycles. The Morgan fingerprint density at radius 3 is 2.59 bits per heavy atom. The minimum absolute atomic E-state index is 0.00129. The molecule has 0 fully saturated rings. The second-order valence-corrected chi connectivity index (χ2v) is 7.18. The second kappa shape index (κ2) is 8.40. The topological polar surface area (TPSA) is 63.9 Å². The average molecular weight is 407 g/mol. The first-order valence-corrected chi connectivity index (χ1v) is 10.1. The van der Waals surface area contributed by atoms with E-state index in [-0.39, 0.29) is 17.5 Å². The summed E-state index contributed by atoms with van der Waals surface area (Å²) in [5.41, 5.74) is 2.18. The zero-order chi connectivity index (χ0) is 20.2. The number of para-hydroxylation sites is 1. The molecule has 0 unspecified atom stereocenters. The summed E-state index contributed by atoms with van der Waals surface area (Å²) < 4.78 is 14.8. The van der Waals surface area contributed by atoms with Crippen molar-refractivity contribution in [2.24, 2.45) is 0 Å². The van der Waals surface area contributed by atoms with Gasteiger partial charge in [-0.2, -0.15) is 5.10 Å². The molecule has 2 aromatic carbocycles. The van der Waals surface area contributed by atoms with Crippen LogP contribution in [0.25, 0.3) is 16.7 Å².